The van der Waals surface area contributed by atoms with Crippen LogP contribution in [0.1, 0.15) is 50.4 Å². The van der Waals surface area contributed by atoms with E-state index in [9.17, 15) is 0 Å². The summed E-state index contributed by atoms with van der Waals surface area (Å²) >= 11 is 8.66. The molecule has 0 bridgehead atoms. The lowest BCUT2D eigenvalue weighted by Crippen LogP contribution is -2.10. The summed E-state index contributed by atoms with van der Waals surface area (Å²) < 4.78 is 3.57. The molecule has 102 valence electrons. The minimum Gasteiger partial charge on any atom is -0.324 e. The van der Waals surface area contributed by atoms with Crippen molar-refractivity contribution in [1.29, 1.82) is 0 Å². The first-order chi connectivity index (χ1) is 9.06. The first-order valence-electron chi connectivity index (χ1n) is 6.87. The van der Waals surface area contributed by atoms with Gasteiger partial charge in [0.1, 0.15) is 5.82 Å². The van der Waals surface area contributed by atoms with Crippen LogP contribution in [-0.2, 0) is 0 Å². The van der Waals surface area contributed by atoms with E-state index in [1.54, 1.807) is 0 Å². The van der Waals surface area contributed by atoms with Crippen molar-refractivity contribution < 1.29 is 0 Å². The average molecular weight is 389 g/mol. The van der Waals surface area contributed by atoms with Crippen LogP contribution in [0.3, 0.4) is 0 Å². The summed E-state index contributed by atoms with van der Waals surface area (Å²) in [6, 6.07) is 6.94. The van der Waals surface area contributed by atoms with Crippen LogP contribution in [0.5, 0.6) is 0 Å². The Morgan fingerprint density at radius 3 is 2.79 bits per heavy atom. The number of nitrogens with zero attached hydrogens (tertiary/aromatic N) is 2. The quantitative estimate of drug-likeness (QED) is 0.513. The second-order valence-electron chi connectivity index (χ2n) is 5.62. The molecular formula is C15H18ClIN2. The molecule has 2 nitrogen and oxygen atoms in total. The molecule has 1 aromatic carbocycles. The first-order valence-corrected chi connectivity index (χ1v) is 8.39. The Kier molecular flexibility index (Phi) is 3.78. The summed E-state index contributed by atoms with van der Waals surface area (Å²) in [4.78, 5) is 4.75. The highest BCUT2D eigenvalue weighted by Gasteiger charge is 2.27. The van der Waals surface area contributed by atoms with E-state index in [0.29, 0.717) is 6.04 Å². The Labute approximate surface area is 132 Å². The number of alkyl halides is 1. The molecule has 1 aromatic heterocycles. The highest BCUT2D eigenvalue weighted by Crippen LogP contribution is 2.39. The molecular weight excluding hydrogens is 371 g/mol. The van der Waals surface area contributed by atoms with Gasteiger partial charge in [-0.2, -0.15) is 0 Å². The van der Waals surface area contributed by atoms with E-state index >= 15 is 0 Å². The Balaban J connectivity index is 2.09. The normalized spacial score (nSPS) is 18.7. The average Bonchev–Trinajstić information content (AvgIpc) is 3.06. The fourth-order valence-corrected chi connectivity index (χ4v) is 3.40. The molecule has 0 N–H and O–H groups in total. The van der Waals surface area contributed by atoms with Crippen molar-refractivity contribution >= 4 is 45.2 Å². The Morgan fingerprint density at radius 2 is 2.16 bits per heavy atom. The van der Waals surface area contributed by atoms with Crippen molar-refractivity contribution in [3.05, 3.63) is 27.6 Å². The second kappa shape index (κ2) is 5.24. The van der Waals surface area contributed by atoms with Crippen LogP contribution in [0.15, 0.2) is 18.2 Å². The third kappa shape index (κ3) is 2.77. The zero-order chi connectivity index (χ0) is 13.6. The molecule has 0 amide bonds. The zero-order valence-corrected chi connectivity index (χ0v) is 14.1. The summed E-state index contributed by atoms with van der Waals surface area (Å²) in [7, 11) is 0. The van der Waals surface area contributed by atoms with Gasteiger partial charge in [0, 0.05) is 9.61 Å². The van der Waals surface area contributed by atoms with Gasteiger partial charge in [-0.3, -0.25) is 0 Å². The van der Waals surface area contributed by atoms with Crippen LogP contribution < -0.4 is 0 Å². The van der Waals surface area contributed by atoms with E-state index in [1.807, 2.05) is 6.92 Å². The van der Waals surface area contributed by atoms with Crippen molar-refractivity contribution in [1.82, 2.24) is 9.55 Å². The van der Waals surface area contributed by atoms with E-state index in [1.165, 1.54) is 28.3 Å². The highest BCUT2D eigenvalue weighted by molar-refractivity contribution is 14.1. The van der Waals surface area contributed by atoms with E-state index in [4.69, 9.17) is 16.6 Å². The molecule has 0 aliphatic heterocycles. The molecule has 1 saturated carbocycles. The molecule has 4 heteroatoms. The summed E-state index contributed by atoms with van der Waals surface area (Å²) in [6.07, 6.45) is 4.02. The predicted molar refractivity (Wildman–Crippen MR) is 88.8 cm³/mol. The van der Waals surface area contributed by atoms with Crippen LogP contribution in [-0.4, -0.2) is 9.55 Å². The first kappa shape index (κ1) is 13.7. The van der Waals surface area contributed by atoms with Gasteiger partial charge in [-0.1, -0.05) is 12.8 Å². The minimum absolute atomic E-state index is 0.0493. The molecule has 0 saturated heterocycles. The topological polar surface area (TPSA) is 17.8 Å². The number of aromatic nitrogens is 2. The summed E-state index contributed by atoms with van der Waals surface area (Å²) in [6.45, 7) is 4.30. The van der Waals surface area contributed by atoms with Crippen LogP contribution in [0.2, 0.25) is 0 Å². The number of hydrogen-bond donors (Lipinski definition) is 0. The molecule has 0 spiro atoms. The summed E-state index contributed by atoms with van der Waals surface area (Å²) in [5.74, 6) is 1.92. The van der Waals surface area contributed by atoms with Gasteiger partial charge in [0.05, 0.1) is 16.4 Å². The number of rotatable bonds is 4. The monoisotopic (exact) mass is 388 g/mol. The van der Waals surface area contributed by atoms with Gasteiger partial charge in [-0.25, -0.2) is 4.98 Å². The largest absolute Gasteiger partial charge is 0.324 e. The van der Waals surface area contributed by atoms with Crippen molar-refractivity contribution in [2.24, 2.45) is 5.92 Å². The standard InChI is InChI=1S/C15H18ClIN2/c1-9(7-11-3-4-11)19-14-6-5-12(17)8-13(14)18-15(19)10(2)16/h5-6,8-11H,3-4,7H2,1-2H3. The van der Waals surface area contributed by atoms with E-state index < -0.39 is 0 Å². The zero-order valence-electron chi connectivity index (χ0n) is 11.2. The molecule has 2 unspecified atom stereocenters. The van der Waals surface area contributed by atoms with E-state index in [2.05, 4.69) is 52.3 Å². The third-order valence-electron chi connectivity index (χ3n) is 3.85. The van der Waals surface area contributed by atoms with Gasteiger partial charge in [-0.15, -0.1) is 11.6 Å². The minimum atomic E-state index is -0.0493. The van der Waals surface area contributed by atoms with Crippen LogP contribution in [0.4, 0.5) is 0 Å². The van der Waals surface area contributed by atoms with Gasteiger partial charge in [-0.05, 0) is 67.0 Å². The second-order valence-corrected chi connectivity index (χ2v) is 7.52. The molecule has 1 heterocycles. The number of imidazole rings is 1. The Hall–Kier alpha value is -0.290. The van der Waals surface area contributed by atoms with Crippen LogP contribution in [0.25, 0.3) is 11.0 Å². The van der Waals surface area contributed by atoms with E-state index in [0.717, 1.165) is 17.3 Å². The van der Waals surface area contributed by atoms with Gasteiger partial charge in [0.2, 0.25) is 0 Å². The number of fused-ring (bicyclic) bond motifs is 1. The molecule has 0 radical (unpaired) electrons. The fraction of sp³-hybridized carbons (Fsp3) is 0.533. The van der Waals surface area contributed by atoms with Crippen molar-refractivity contribution in [2.45, 2.75) is 44.5 Å². The number of benzene rings is 1. The molecule has 2 atom stereocenters. The molecule has 3 rings (SSSR count). The highest BCUT2D eigenvalue weighted by atomic mass is 127. The van der Waals surface area contributed by atoms with Crippen molar-refractivity contribution in [3.63, 3.8) is 0 Å². The van der Waals surface area contributed by atoms with Gasteiger partial charge >= 0.3 is 0 Å². The molecule has 19 heavy (non-hydrogen) atoms. The number of halogens is 2. The molecule has 1 aliphatic carbocycles. The van der Waals surface area contributed by atoms with Gasteiger partial charge < -0.3 is 4.57 Å². The third-order valence-corrected chi connectivity index (χ3v) is 4.71. The lowest BCUT2D eigenvalue weighted by Gasteiger charge is -2.18. The maximum atomic E-state index is 6.33. The lowest BCUT2D eigenvalue weighted by molar-refractivity contribution is 0.472. The Morgan fingerprint density at radius 1 is 1.42 bits per heavy atom. The maximum absolute atomic E-state index is 6.33. The summed E-state index contributed by atoms with van der Waals surface area (Å²) in [5.41, 5.74) is 2.29. The predicted octanol–water partition coefficient (Wildman–Crippen LogP) is 5.30. The summed E-state index contributed by atoms with van der Waals surface area (Å²) in [5, 5.41) is -0.0493. The molecule has 1 aliphatic rings. The van der Waals surface area contributed by atoms with Gasteiger partial charge in [0.25, 0.3) is 0 Å². The molecule has 2 aromatic rings. The smallest absolute Gasteiger partial charge is 0.127 e. The fourth-order valence-electron chi connectivity index (χ4n) is 2.78. The molecule has 1 fully saturated rings. The lowest BCUT2D eigenvalue weighted by atomic mass is 10.1. The van der Waals surface area contributed by atoms with Crippen molar-refractivity contribution in [2.75, 3.05) is 0 Å². The van der Waals surface area contributed by atoms with Crippen molar-refractivity contribution in [3.8, 4) is 0 Å². The van der Waals surface area contributed by atoms with Gasteiger partial charge in [0.15, 0.2) is 0 Å². The SMILES string of the molecule is CC(Cl)c1nc2cc(I)ccc2n1C(C)CC1CC1. The van der Waals surface area contributed by atoms with Crippen LogP contribution in [0, 0.1) is 9.49 Å². The van der Waals surface area contributed by atoms with Crippen LogP contribution >= 0.6 is 34.2 Å². The Bertz CT molecular complexity index is 601. The number of hydrogen-bond acceptors (Lipinski definition) is 1. The van der Waals surface area contributed by atoms with E-state index in [-0.39, 0.29) is 5.38 Å². The maximum Gasteiger partial charge on any atom is 0.127 e.